The second-order valence-corrected chi connectivity index (χ2v) is 3.82. The predicted octanol–water partition coefficient (Wildman–Crippen LogP) is 3.25. The van der Waals surface area contributed by atoms with Gasteiger partial charge in [0, 0.05) is 12.6 Å². The summed E-state index contributed by atoms with van der Waals surface area (Å²) in [6.45, 7) is -0.205. The van der Waals surface area contributed by atoms with E-state index in [0.717, 1.165) is 6.54 Å². The maximum absolute atomic E-state index is 12.3. The predicted molar refractivity (Wildman–Crippen MR) is 72.6 cm³/mol. The number of nitrogens with zero attached hydrogens (tertiary/aromatic N) is 2. The molecule has 0 bridgehead atoms. The topological polar surface area (TPSA) is 59.1 Å². The smallest absolute Gasteiger partial charge is 0.387 e. The molecule has 0 fully saturated rings. The second kappa shape index (κ2) is 6.65. The third kappa shape index (κ3) is 3.78. The highest BCUT2D eigenvalue weighted by atomic mass is 19.3. The number of rotatable bonds is 6. The number of alkyl halides is 2. The molecule has 0 atom stereocenters. The molecule has 2 N–H and O–H groups in total. The van der Waals surface area contributed by atoms with Crippen molar-refractivity contribution in [3.8, 4) is 5.75 Å². The minimum Gasteiger partial charge on any atom is -0.433 e. The van der Waals surface area contributed by atoms with Crippen LogP contribution in [0.15, 0.2) is 36.7 Å². The SMILES string of the molecule is CCNc1cc(Nc2ccccc2OC(F)F)ncn1. The third-order valence-corrected chi connectivity index (χ3v) is 2.39. The van der Waals surface area contributed by atoms with Gasteiger partial charge in [-0.2, -0.15) is 8.78 Å². The summed E-state index contributed by atoms with van der Waals surface area (Å²) >= 11 is 0. The highest BCUT2D eigenvalue weighted by Gasteiger charge is 2.09. The molecule has 0 aliphatic carbocycles. The fraction of sp³-hybridized carbons (Fsp3) is 0.231. The molecule has 0 saturated carbocycles. The molecule has 5 nitrogen and oxygen atoms in total. The van der Waals surface area contributed by atoms with Crippen molar-refractivity contribution in [2.75, 3.05) is 17.2 Å². The zero-order valence-corrected chi connectivity index (χ0v) is 10.8. The number of hydrogen-bond donors (Lipinski definition) is 2. The van der Waals surface area contributed by atoms with E-state index in [1.165, 1.54) is 12.4 Å². The molecule has 0 aliphatic rings. The zero-order chi connectivity index (χ0) is 14.4. The Morgan fingerprint density at radius 2 is 1.95 bits per heavy atom. The van der Waals surface area contributed by atoms with E-state index in [-0.39, 0.29) is 5.75 Å². The van der Waals surface area contributed by atoms with Gasteiger partial charge >= 0.3 is 6.61 Å². The Morgan fingerprint density at radius 1 is 1.20 bits per heavy atom. The van der Waals surface area contributed by atoms with Gasteiger partial charge in [0.2, 0.25) is 0 Å². The van der Waals surface area contributed by atoms with Gasteiger partial charge in [-0.3, -0.25) is 0 Å². The van der Waals surface area contributed by atoms with Crippen molar-refractivity contribution in [1.82, 2.24) is 9.97 Å². The molecule has 2 aromatic rings. The Hall–Kier alpha value is -2.44. The second-order valence-electron chi connectivity index (χ2n) is 3.82. The summed E-state index contributed by atoms with van der Waals surface area (Å²) in [4.78, 5) is 8.06. The summed E-state index contributed by atoms with van der Waals surface area (Å²) in [7, 11) is 0. The fourth-order valence-corrected chi connectivity index (χ4v) is 1.61. The number of ether oxygens (including phenoxy) is 1. The van der Waals surface area contributed by atoms with Gasteiger partial charge in [0.15, 0.2) is 0 Å². The van der Waals surface area contributed by atoms with Gasteiger partial charge in [-0.05, 0) is 19.1 Å². The van der Waals surface area contributed by atoms with E-state index in [9.17, 15) is 8.78 Å². The summed E-state index contributed by atoms with van der Waals surface area (Å²) in [5.74, 6) is 1.20. The minimum absolute atomic E-state index is 0.0612. The van der Waals surface area contributed by atoms with Crippen molar-refractivity contribution in [2.24, 2.45) is 0 Å². The standard InChI is InChI=1S/C13H14F2N4O/c1-2-16-11-7-12(18-8-17-11)19-9-5-3-4-6-10(9)20-13(14)15/h3-8,13H,2H2,1H3,(H2,16,17,18,19). The van der Waals surface area contributed by atoms with Crippen molar-refractivity contribution in [3.63, 3.8) is 0 Å². The first-order valence-electron chi connectivity index (χ1n) is 6.06. The number of anilines is 3. The van der Waals surface area contributed by atoms with Crippen LogP contribution in [-0.2, 0) is 0 Å². The third-order valence-electron chi connectivity index (χ3n) is 2.39. The average molecular weight is 280 g/mol. The van der Waals surface area contributed by atoms with Crippen LogP contribution in [0.5, 0.6) is 5.75 Å². The van der Waals surface area contributed by atoms with E-state index < -0.39 is 6.61 Å². The number of nitrogens with one attached hydrogen (secondary N) is 2. The van der Waals surface area contributed by atoms with Crippen LogP contribution in [0.3, 0.4) is 0 Å². The average Bonchev–Trinajstić information content (AvgIpc) is 2.41. The molecule has 2 rings (SSSR count). The van der Waals surface area contributed by atoms with Crippen LogP contribution >= 0.6 is 0 Å². The molecular weight excluding hydrogens is 266 g/mol. The first-order valence-corrected chi connectivity index (χ1v) is 6.06. The number of para-hydroxylation sites is 2. The Labute approximate surface area is 115 Å². The Morgan fingerprint density at radius 3 is 2.70 bits per heavy atom. The van der Waals surface area contributed by atoms with Crippen LogP contribution in [-0.4, -0.2) is 23.1 Å². The largest absolute Gasteiger partial charge is 0.433 e. The molecule has 0 unspecified atom stereocenters. The van der Waals surface area contributed by atoms with E-state index in [0.29, 0.717) is 17.3 Å². The molecule has 0 amide bonds. The van der Waals surface area contributed by atoms with Crippen LogP contribution in [0.1, 0.15) is 6.92 Å². The van der Waals surface area contributed by atoms with Gasteiger partial charge in [0.05, 0.1) is 5.69 Å². The molecule has 0 saturated heterocycles. The van der Waals surface area contributed by atoms with Gasteiger partial charge in [0.25, 0.3) is 0 Å². The maximum atomic E-state index is 12.3. The fourth-order valence-electron chi connectivity index (χ4n) is 1.61. The maximum Gasteiger partial charge on any atom is 0.387 e. The lowest BCUT2D eigenvalue weighted by atomic mass is 10.3. The highest BCUT2D eigenvalue weighted by Crippen LogP contribution is 2.28. The number of aromatic nitrogens is 2. The van der Waals surface area contributed by atoms with Crippen molar-refractivity contribution in [3.05, 3.63) is 36.7 Å². The van der Waals surface area contributed by atoms with Crippen molar-refractivity contribution in [2.45, 2.75) is 13.5 Å². The van der Waals surface area contributed by atoms with Crippen LogP contribution < -0.4 is 15.4 Å². The normalized spacial score (nSPS) is 10.4. The molecule has 0 spiro atoms. The lowest BCUT2D eigenvalue weighted by molar-refractivity contribution is -0.0493. The molecule has 20 heavy (non-hydrogen) atoms. The minimum atomic E-state index is -2.87. The first-order chi connectivity index (χ1) is 9.69. The molecule has 1 aromatic heterocycles. The van der Waals surface area contributed by atoms with E-state index in [1.807, 2.05) is 6.92 Å². The van der Waals surface area contributed by atoms with E-state index in [1.54, 1.807) is 24.3 Å². The zero-order valence-electron chi connectivity index (χ0n) is 10.8. The van der Waals surface area contributed by atoms with Crippen molar-refractivity contribution >= 4 is 17.3 Å². The van der Waals surface area contributed by atoms with Gasteiger partial charge in [-0.1, -0.05) is 12.1 Å². The lowest BCUT2D eigenvalue weighted by Gasteiger charge is -2.12. The quantitative estimate of drug-likeness (QED) is 0.850. The molecular formula is C13H14F2N4O. The van der Waals surface area contributed by atoms with Crippen molar-refractivity contribution in [1.29, 1.82) is 0 Å². The van der Waals surface area contributed by atoms with E-state index in [4.69, 9.17) is 0 Å². The summed E-state index contributed by atoms with van der Waals surface area (Å²) in [5, 5.41) is 5.97. The summed E-state index contributed by atoms with van der Waals surface area (Å²) in [6.07, 6.45) is 1.39. The number of hydrogen-bond acceptors (Lipinski definition) is 5. The van der Waals surface area contributed by atoms with E-state index >= 15 is 0 Å². The van der Waals surface area contributed by atoms with Gasteiger partial charge in [-0.25, -0.2) is 9.97 Å². The number of halogens is 2. The molecule has 106 valence electrons. The number of benzene rings is 1. The van der Waals surface area contributed by atoms with Gasteiger partial charge < -0.3 is 15.4 Å². The first kappa shape index (κ1) is 14.0. The molecule has 0 radical (unpaired) electrons. The highest BCUT2D eigenvalue weighted by molar-refractivity contribution is 5.65. The summed E-state index contributed by atoms with van der Waals surface area (Å²) in [5.41, 5.74) is 0.411. The Balaban J connectivity index is 2.19. The summed E-state index contributed by atoms with van der Waals surface area (Å²) in [6, 6.07) is 8.11. The van der Waals surface area contributed by atoms with Crippen LogP contribution in [0, 0.1) is 0 Å². The lowest BCUT2D eigenvalue weighted by Crippen LogP contribution is -2.05. The molecule has 7 heteroatoms. The van der Waals surface area contributed by atoms with Crippen LogP contribution in [0.25, 0.3) is 0 Å². The summed E-state index contributed by atoms with van der Waals surface area (Å²) < 4.78 is 29.1. The molecule has 1 aromatic carbocycles. The van der Waals surface area contributed by atoms with Crippen LogP contribution in [0.4, 0.5) is 26.1 Å². The van der Waals surface area contributed by atoms with Crippen LogP contribution in [0.2, 0.25) is 0 Å². The van der Waals surface area contributed by atoms with Crippen molar-refractivity contribution < 1.29 is 13.5 Å². The van der Waals surface area contributed by atoms with Gasteiger partial charge in [0.1, 0.15) is 23.7 Å². The Kier molecular flexibility index (Phi) is 4.65. The van der Waals surface area contributed by atoms with Gasteiger partial charge in [-0.15, -0.1) is 0 Å². The monoisotopic (exact) mass is 280 g/mol. The Bertz CT molecular complexity index is 566. The molecule has 0 aliphatic heterocycles. The van der Waals surface area contributed by atoms with E-state index in [2.05, 4.69) is 25.3 Å². The molecule has 1 heterocycles.